The van der Waals surface area contributed by atoms with E-state index in [1.54, 1.807) is 0 Å². The molecule has 1 saturated carbocycles. The van der Waals surface area contributed by atoms with E-state index in [2.05, 4.69) is 24.5 Å². The van der Waals surface area contributed by atoms with Crippen LogP contribution in [0.25, 0.3) is 0 Å². The quantitative estimate of drug-likeness (QED) is 0.555. The smallest absolute Gasteiger partial charge is 0.237 e. The Balaban J connectivity index is 2.20. The van der Waals surface area contributed by atoms with Crippen molar-refractivity contribution in [3.05, 3.63) is 0 Å². The first-order valence-electron chi connectivity index (χ1n) is 8.20. The van der Waals surface area contributed by atoms with Gasteiger partial charge in [-0.25, -0.2) is 0 Å². The molecule has 1 aliphatic carbocycles. The van der Waals surface area contributed by atoms with Crippen LogP contribution >= 0.6 is 0 Å². The zero-order valence-corrected chi connectivity index (χ0v) is 13.7. The second kappa shape index (κ2) is 9.35. The van der Waals surface area contributed by atoms with Gasteiger partial charge in [-0.1, -0.05) is 39.5 Å². The first-order valence-corrected chi connectivity index (χ1v) is 8.20. The van der Waals surface area contributed by atoms with E-state index in [9.17, 15) is 4.79 Å². The molecule has 118 valence electrons. The number of nitrogens with zero attached hydrogens (tertiary/aromatic N) is 1. The summed E-state index contributed by atoms with van der Waals surface area (Å²) in [4.78, 5) is 14.2. The van der Waals surface area contributed by atoms with Crippen molar-refractivity contribution in [1.29, 1.82) is 0 Å². The lowest BCUT2D eigenvalue weighted by Gasteiger charge is -2.27. The Morgan fingerprint density at radius 3 is 2.20 bits per heavy atom. The van der Waals surface area contributed by atoms with Crippen LogP contribution in [0.1, 0.15) is 52.4 Å². The zero-order valence-electron chi connectivity index (χ0n) is 13.7. The van der Waals surface area contributed by atoms with Crippen molar-refractivity contribution in [1.82, 2.24) is 15.5 Å². The van der Waals surface area contributed by atoms with Crippen LogP contribution in [0.2, 0.25) is 0 Å². The van der Waals surface area contributed by atoms with Crippen molar-refractivity contribution in [2.45, 2.75) is 64.5 Å². The Bertz CT molecular complexity index is 263. The Morgan fingerprint density at radius 1 is 1.10 bits per heavy atom. The average molecular weight is 283 g/mol. The van der Waals surface area contributed by atoms with E-state index < -0.39 is 0 Å². The molecule has 2 N–H and O–H groups in total. The van der Waals surface area contributed by atoms with Gasteiger partial charge in [0.2, 0.25) is 5.91 Å². The number of hydrogen-bond acceptors (Lipinski definition) is 3. The van der Waals surface area contributed by atoms with Crippen LogP contribution in [0, 0.1) is 5.92 Å². The van der Waals surface area contributed by atoms with Crippen molar-refractivity contribution in [2.24, 2.45) is 5.92 Å². The van der Waals surface area contributed by atoms with Gasteiger partial charge in [0.15, 0.2) is 0 Å². The molecule has 1 atom stereocenters. The van der Waals surface area contributed by atoms with E-state index in [0.29, 0.717) is 12.0 Å². The van der Waals surface area contributed by atoms with Gasteiger partial charge < -0.3 is 10.6 Å². The molecular formula is C16H33N3O. The van der Waals surface area contributed by atoms with Crippen LogP contribution in [0.5, 0.6) is 0 Å². The van der Waals surface area contributed by atoms with Gasteiger partial charge in [-0.2, -0.15) is 0 Å². The predicted molar refractivity (Wildman–Crippen MR) is 84.8 cm³/mol. The van der Waals surface area contributed by atoms with E-state index in [1.165, 1.54) is 38.5 Å². The average Bonchev–Trinajstić information content (AvgIpc) is 2.62. The van der Waals surface area contributed by atoms with Gasteiger partial charge in [-0.05, 0) is 32.9 Å². The van der Waals surface area contributed by atoms with Gasteiger partial charge in [0, 0.05) is 19.1 Å². The Kier molecular flexibility index (Phi) is 8.15. The second-order valence-corrected chi connectivity index (χ2v) is 6.59. The molecule has 4 heteroatoms. The minimum Gasteiger partial charge on any atom is -0.353 e. The Hall–Kier alpha value is -0.610. The maximum Gasteiger partial charge on any atom is 0.237 e. The highest BCUT2D eigenvalue weighted by atomic mass is 16.2. The van der Waals surface area contributed by atoms with Gasteiger partial charge in [-0.15, -0.1) is 0 Å². The highest BCUT2D eigenvalue weighted by molar-refractivity contribution is 5.81. The lowest BCUT2D eigenvalue weighted by Crippen LogP contribution is -2.48. The molecule has 0 aliphatic heterocycles. The largest absolute Gasteiger partial charge is 0.353 e. The van der Waals surface area contributed by atoms with Gasteiger partial charge in [0.05, 0.1) is 6.04 Å². The molecule has 4 nitrogen and oxygen atoms in total. The summed E-state index contributed by atoms with van der Waals surface area (Å²) in [5.41, 5.74) is 0. The Labute approximate surface area is 124 Å². The van der Waals surface area contributed by atoms with Crippen molar-refractivity contribution in [3.8, 4) is 0 Å². The first-order chi connectivity index (χ1) is 9.52. The van der Waals surface area contributed by atoms with E-state index in [4.69, 9.17) is 0 Å². The van der Waals surface area contributed by atoms with E-state index in [1.807, 2.05) is 19.0 Å². The molecule has 1 fully saturated rings. The standard InChI is InChI=1S/C16H33N3O/c1-13(2)15(19(3)4)16(20)18-12-11-17-14-9-7-5-6-8-10-14/h13-15,17H,5-12H2,1-4H3,(H,18,20). The van der Waals surface area contributed by atoms with E-state index in [0.717, 1.165) is 13.1 Å². The van der Waals surface area contributed by atoms with Crippen LogP contribution in [0.4, 0.5) is 0 Å². The Morgan fingerprint density at radius 2 is 1.70 bits per heavy atom. The molecule has 0 aromatic heterocycles. The normalized spacial score (nSPS) is 19.1. The lowest BCUT2D eigenvalue weighted by atomic mass is 10.0. The van der Waals surface area contributed by atoms with Crippen molar-refractivity contribution < 1.29 is 4.79 Å². The van der Waals surface area contributed by atoms with Crippen LogP contribution in [-0.4, -0.2) is 50.1 Å². The van der Waals surface area contributed by atoms with Gasteiger partial charge in [0.1, 0.15) is 0 Å². The SMILES string of the molecule is CC(C)C(C(=O)NCCNC1CCCCCC1)N(C)C. The molecule has 0 aromatic rings. The molecule has 1 aliphatic rings. The fourth-order valence-electron chi connectivity index (χ4n) is 3.18. The molecule has 0 saturated heterocycles. The maximum atomic E-state index is 12.2. The molecule has 0 spiro atoms. The number of amides is 1. The zero-order chi connectivity index (χ0) is 15.0. The second-order valence-electron chi connectivity index (χ2n) is 6.59. The number of carbonyl (C=O) groups excluding carboxylic acids is 1. The van der Waals surface area contributed by atoms with Crippen LogP contribution < -0.4 is 10.6 Å². The number of rotatable bonds is 7. The van der Waals surface area contributed by atoms with E-state index in [-0.39, 0.29) is 11.9 Å². The summed E-state index contributed by atoms with van der Waals surface area (Å²) in [6, 6.07) is 0.622. The number of carbonyl (C=O) groups is 1. The summed E-state index contributed by atoms with van der Waals surface area (Å²) in [5, 5.41) is 6.64. The molecule has 1 rings (SSSR count). The third-order valence-electron chi connectivity index (χ3n) is 4.17. The molecule has 0 heterocycles. The lowest BCUT2D eigenvalue weighted by molar-refractivity contribution is -0.126. The first kappa shape index (κ1) is 17.4. The highest BCUT2D eigenvalue weighted by Crippen LogP contribution is 2.16. The third-order valence-corrected chi connectivity index (χ3v) is 4.17. The summed E-state index contributed by atoms with van der Waals surface area (Å²) in [6.45, 7) is 5.79. The van der Waals surface area contributed by atoms with Crippen molar-refractivity contribution >= 4 is 5.91 Å². The van der Waals surface area contributed by atoms with Crippen LogP contribution in [-0.2, 0) is 4.79 Å². The van der Waals surface area contributed by atoms with Gasteiger partial charge in [0.25, 0.3) is 0 Å². The minimum absolute atomic E-state index is 0.0344. The summed E-state index contributed by atoms with van der Waals surface area (Å²) in [6.07, 6.45) is 8.04. The summed E-state index contributed by atoms with van der Waals surface area (Å²) >= 11 is 0. The molecule has 1 amide bonds. The van der Waals surface area contributed by atoms with Crippen molar-refractivity contribution in [2.75, 3.05) is 27.2 Å². The summed E-state index contributed by atoms with van der Waals surface area (Å²) in [5.74, 6) is 0.479. The minimum atomic E-state index is -0.0344. The fraction of sp³-hybridized carbons (Fsp3) is 0.938. The van der Waals surface area contributed by atoms with Gasteiger partial charge in [-0.3, -0.25) is 9.69 Å². The van der Waals surface area contributed by atoms with E-state index >= 15 is 0 Å². The molecular weight excluding hydrogens is 250 g/mol. The molecule has 0 aromatic carbocycles. The monoisotopic (exact) mass is 283 g/mol. The number of nitrogens with one attached hydrogen (secondary N) is 2. The number of hydrogen-bond donors (Lipinski definition) is 2. The summed E-state index contributed by atoms with van der Waals surface area (Å²) in [7, 11) is 3.93. The fourth-order valence-corrected chi connectivity index (χ4v) is 3.18. The number of likely N-dealkylation sites (N-methyl/N-ethyl adjacent to an activating group) is 1. The molecule has 0 radical (unpaired) electrons. The molecule has 0 bridgehead atoms. The van der Waals surface area contributed by atoms with Crippen LogP contribution in [0.3, 0.4) is 0 Å². The van der Waals surface area contributed by atoms with Crippen molar-refractivity contribution in [3.63, 3.8) is 0 Å². The highest BCUT2D eigenvalue weighted by Gasteiger charge is 2.23. The maximum absolute atomic E-state index is 12.2. The molecule has 1 unspecified atom stereocenters. The van der Waals surface area contributed by atoms with Gasteiger partial charge >= 0.3 is 0 Å². The van der Waals surface area contributed by atoms with Crippen LogP contribution in [0.15, 0.2) is 0 Å². The third kappa shape index (κ3) is 6.23. The predicted octanol–water partition coefficient (Wildman–Crippen LogP) is 2.00. The molecule has 20 heavy (non-hydrogen) atoms. The topological polar surface area (TPSA) is 44.4 Å². The summed E-state index contributed by atoms with van der Waals surface area (Å²) < 4.78 is 0.